The summed E-state index contributed by atoms with van der Waals surface area (Å²) in [6.07, 6.45) is 1.01. The van der Waals surface area contributed by atoms with Gasteiger partial charge < -0.3 is 5.11 Å². The third kappa shape index (κ3) is 2.74. The summed E-state index contributed by atoms with van der Waals surface area (Å²) in [5.74, 6) is 0.0984. The molecule has 0 radical (unpaired) electrons. The first-order valence-electron chi connectivity index (χ1n) is 9.70. The molecule has 1 aromatic heterocycles. The van der Waals surface area contributed by atoms with Crippen LogP contribution >= 0.6 is 11.6 Å². The van der Waals surface area contributed by atoms with Crippen LogP contribution in [0, 0.1) is 0 Å². The summed E-state index contributed by atoms with van der Waals surface area (Å²) < 4.78 is 0. The topological polar surface area (TPSA) is 36.4 Å². The number of benzene rings is 3. The Kier molecular flexibility index (Phi) is 4.22. The molecule has 0 aliphatic carbocycles. The molecule has 3 aromatic carbocycles. The minimum Gasteiger partial charge on any atom is -0.506 e. The van der Waals surface area contributed by atoms with E-state index in [4.69, 9.17) is 16.6 Å². The molecule has 0 saturated heterocycles. The highest BCUT2D eigenvalue weighted by atomic mass is 35.5. The first kappa shape index (κ1) is 17.5. The molecule has 4 aromatic rings. The maximum absolute atomic E-state index is 9.84. The number of likely N-dealkylation sites (N-methyl/N-ethyl adjacent to an activating group) is 1. The van der Waals surface area contributed by atoms with Crippen LogP contribution in [0.2, 0.25) is 5.02 Å². The predicted molar refractivity (Wildman–Crippen MR) is 116 cm³/mol. The molecule has 0 amide bonds. The summed E-state index contributed by atoms with van der Waals surface area (Å²) in [5.41, 5.74) is 5.61. The van der Waals surface area contributed by atoms with Gasteiger partial charge in [-0.15, -0.1) is 0 Å². The molecule has 0 bridgehead atoms. The number of nitrogens with zero attached hydrogens (tertiary/aromatic N) is 2. The second-order valence-corrected chi connectivity index (χ2v) is 7.79. The molecule has 28 heavy (non-hydrogen) atoms. The highest BCUT2D eigenvalue weighted by molar-refractivity contribution is 6.32. The number of phenols is 1. The molecule has 0 saturated carbocycles. The van der Waals surface area contributed by atoms with Gasteiger partial charge in [-0.3, -0.25) is 4.90 Å². The molecule has 0 unspecified atom stereocenters. The number of hydrogen-bond acceptors (Lipinski definition) is 3. The van der Waals surface area contributed by atoms with Crippen LogP contribution < -0.4 is 0 Å². The smallest absolute Gasteiger partial charge is 0.134 e. The van der Waals surface area contributed by atoms with E-state index < -0.39 is 0 Å². The molecule has 1 N–H and O–H groups in total. The van der Waals surface area contributed by atoms with Gasteiger partial charge in [0.1, 0.15) is 5.75 Å². The van der Waals surface area contributed by atoms with Crippen LogP contribution in [0.4, 0.5) is 0 Å². The molecular formula is C24H21ClN2O. The van der Waals surface area contributed by atoms with Gasteiger partial charge in [-0.2, -0.15) is 0 Å². The molecule has 2 heterocycles. The van der Waals surface area contributed by atoms with Crippen molar-refractivity contribution >= 4 is 33.3 Å². The van der Waals surface area contributed by atoms with Crippen LogP contribution in [0.15, 0.2) is 54.6 Å². The fourth-order valence-electron chi connectivity index (χ4n) is 4.33. The summed E-state index contributed by atoms with van der Waals surface area (Å²) in [6, 6.07) is 18.2. The van der Waals surface area contributed by atoms with Gasteiger partial charge in [-0.25, -0.2) is 4.98 Å². The fraction of sp³-hybridized carbons (Fsp3) is 0.208. The molecule has 3 nitrogen and oxygen atoms in total. The van der Waals surface area contributed by atoms with E-state index in [1.165, 1.54) is 27.3 Å². The monoisotopic (exact) mass is 388 g/mol. The standard InChI is InChI=1S/C24H21ClN2O/c1-2-27-12-11-18-19(14-27)24(16-8-10-22(28)20(25)13-16)26-21-9-7-15-5-3-4-6-17(15)23(18)21/h3-10,13,28H,2,11-12,14H2,1H3. The normalized spacial score (nSPS) is 14.5. The number of halogens is 1. The van der Waals surface area contributed by atoms with Gasteiger partial charge in [0, 0.05) is 24.0 Å². The van der Waals surface area contributed by atoms with Crippen molar-refractivity contribution in [2.45, 2.75) is 19.9 Å². The Morgan fingerprint density at radius 3 is 2.75 bits per heavy atom. The fourth-order valence-corrected chi connectivity index (χ4v) is 4.51. The van der Waals surface area contributed by atoms with Crippen molar-refractivity contribution in [3.8, 4) is 17.0 Å². The number of phenolic OH excluding ortho intramolecular Hbond substituents is 1. The Hall–Kier alpha value is -2.62. The Balaban J connectivity index is 1.86. The van der Waals surface area contributed by atoms with Crippen LogP contribution in [-0.2, 0) is 13.0 Å². The Morgan fingerprint density at radius 2 is 1.93 bits per heavy atom. The molecule has 0 fully saturated rings. The molecule has 5 rings (SSSR count). The lowest BCUT2D eigenvalue weighted by Crippen LogP contribution is -2.31. The molecule has 1 aliphatic heterocycles. The summed E-state index contributed by atoms with van der Waals surface area (Å²) in [5, 5.41) is 14.0. The zero-order valence-electron chi connectivity index (χ0n) is 15.7. The Morgan fingerprint density at radius 1 is 1.07 bits per heavy atom. The van der Waals surface area contributed by atoms with Crippen molar-refractivity contribution in [3.63, 3.8) is 0 Å². The SMILES string of the molecule is CCN1CCc2c(c(-c3ccc(O)c(Cl)c3)nc3ccc4ccccc4c23)C1. The maximum Gasteiger partial charge on any atom is 0.134 e. The van der Waals surface area contributed by atoms with E-state index >= 15 is 0 Å². The molecule has 4 heteroatoms. The summed E-state index contributed by atoms with van der Waals surface area (Å²) in [6.45, 7) is 5.15. The van der Waals surface area contributed by atoms with Crippen molar-refractivity contribution in [3.05, 3.63) is 70.7 Å². The Labute approximate surface area is 169 Å². The third-order valence-electron chi connectivity index (χ3n) is 5.82. The van der Waals surface area contributed by atoms with Gasteiger partial charge in [0.25, 0.3) is 0 Å². The van der Waals surface area contributed by atoms with E-state index in [9.17, 15) is 5.11 Å². The maximum atomic E-state index is 9.84. The molecular weight excluding hydrogens is 368 g/mol. The number of rotatable bonds is 2. The number of aromatic hydroxyl groups is 1. The second kappa shape index (κ2) is 6.77. The van der Waals surface area contributed by atoms with Gasteiger partial charge >= 0.3 is 0 Å². The third-order valence-corrected chi connectivity index (χ3v) is 6.12. The summed E-state index contributed by atoms with van der Waals surface area (Å²) >= 11 is 6.21. The van der Waals surface area contributed by atoms with Crippen LogP contribution in [-0.4, -0.2) is 28.1 Å². The minimum absolute atomic E-state index is 0.0984. The molecule has 0 spiro atoms. The van der Waals surface area contributed by atoms with E-state index in [2.05, 4.69) is 48.2 Å². The largest absolute Gasteiger partial charge is 0.506 e. The average molecular weight is 389 g/mol. The Bertz CT molecular complexity index is 1220. The highest BCUT2D eigenvalue weighted by Gasteiger charge is 2.24. The van der Waals surface area contributed by atoms with Crippen molar-refractivity contribution < 1.29 is 5.11 Å². The molecule has 140 valence electrons. The van der Waals surface area contributed by atoms with E-state index in [-0.39, 0.29) is 5.75 Å². The predicted octanol–water partition coefficient (Wildman–Crippen LogP) is 5.79. The van der Waals surface area contributed by atoms with Gasteiger partial charge in [0.2, 0.25) is 0 Å². The summed E-state index contributed by atoms with van der Waals surface area (Å²) in [4.78, 5) is 7.53. The lowest BCUT2D eigenvalue weighted by atomic mass is 9.89. The van der Waals surface area contributed by atoms with E-state index in [0.29, 0.717) is 5.02 Å². The number of pyridine rings is 1. The lowest BCUT2D eigenvalue weighted by Gasteiger charge is -2.30. The van der Waals surface area contributed by atoms with Gasteiger partial charge in [0.15, 0.2) is 0 Å². The lowest BCUT2D eigenvalue weighted by molar-refractivity contribution is 0.269. The van der Waals surface area contributed by atoms with Crippen LogP contribution in [0.5, 0.6) is 5.75 Å². The van der Waals surface area contributed by atoms with Crippen LogP contribution in [0.25, 0.3) is 32.9 Å². The first-order valence-corrected chi connectivity index (χ1v) is 10.1. The number of aromatic nitrogens is 1. The second-order valence-electron chi connectivity index (χ2n) is 7.38. The molecule has 0 atom stereocenters. The zero-order valence-corrected chi connectivity index (χ0v) is 16.5. The zero-order chi connectivity index (χ0) is 19.3. The van der Waals surface area contributed by atoms with Crippen LogP contribution in [0.3, 0.4) is 0 Å². The van der Waals surface area contributed by atoms with Crippen LogP contribution in [0.1, 0.15) is 18.1 Å². The van der Waals surface area contributed by atoms with E-state index in [1.54, 1.807) is 6.07 Å². The minimum atomic E-state index is 0.0984. The van der Waals surface area contributed by atoms with Crippen molar-refractivity contribution in [1.29, 1.82) is 0 Å². The quantitative estimate of drug-likeness (QED) is 0.441. The van der Waals surface area contributed by atoms with Gasteiger partial charge in [-0.1, -0.05) is 48.9 Å². The van der Waals surface area contributed by atoms with Crippen molar-refractivity contribution in [1.82, 2.24) is 9.88 Å². The van der Waals surface area contributed by atoms with Crippen molar-refractivity contribution in [2.24, 2.45) is 0 Å². The van der Waals surface area contributed by atoms with Crippen molar-refractivity contribution in [2.75, 3.05) is 13.1 Å². The summed E-state index contributed by atoms with van der Waals surface area (Å²) in [7, 11) is 0. The molecule has 1 aliphatic rings. The van der Waals surface area contributed by atoms with E-state index in [0.717, 1.165) is 42.8 Å². The highest BCUT2D eigenvalue weighted by Crippen LogP contribution is 2.38. The number of fused-ring (bicyclic) bond motifs is 5. The first-order chi connectivity index (χ1) is 13.7. The number of hydrogen-bond donors (Lipinski definition) is 1. The average Bonchev–Trinajstić information content (AvgIpc) is 2.74. The van der Waals surface area contributed by atoms with Gasteiger partial charge in [-0.05, 0) is 59.1 Å². The van der Waals surface area contributed by atoms with E-state index in [1.807, 2.05) is 12.1 Å². The van der Waals surface area contributed by atoms with Gasteiger partial charge in [0.05, 0.1) is 16.2 Å².